The maximum atomic E-state index is 13.6. The summed E-state index contributed by atoms with van der Waals surface area (Å²) in [5, 5.41) is 18.6. The van der Waals surface area contributed by atoms with Gasteiger partial charge in [0.05, 0.1) is 23.8 Å². The van der Waals surface area contributed by atoms with Crippen molar-refractivity contribution in [3.8, 4) is 6.07 Å². The molecular weight excluding hydrogens is 244 g/mol. The predicted octanol–water partition coefficient (Wildman–Crippen LogP) is 2.63. The normalized spacial score (nSPS) is 15.1. The zero-order valence-corrected chi connectivity index (χ0v) is 12.2. The van der Waals surface area contributed by atoms with Gasteiger partial charge < -0.3 is 9.84 Å². The van der Waals surface area contributed by atoms with Crippen LogP contribution in [0.25, 0.3) is 11.1 Å². The summed E-state index contributed by atoms with van der Waals surface area (Å²) >= 11 is 0. The molecule has 1 aliphatic rings. The molecule has 2 rings (SSSR count). The van der Waals surface area contributed by atoms with Crippen molar-refractivity contribution < 1.29 is 14.2 Å². The van der Waals surface area contributed by atoms with Crippen LogP contribution in [0, 0.1) is 17.1 Å². The Hall–Kier alpha value is -1.28. The zero-order chi connectivity index (χ0) is 12.4. The summed E-state index contributed by atoms with van der Waals surface area (Å²) in [6.07, 6.45) is 1.43. The Morgan fingerprint density at radius 1 is 1.50 bits per heavy atom. The van der Waals surface area contributed by atoms with Crippen molar-refractivity contribution >= 4 is 40.7 Å². The van der Waals surface area contributed by atoms with Gasteiger partial charge in [0.1, 0.15) is 5.82 Å². The summed E-state index contributed by atoms with van der Waals surface area (Å²) in [6.45, 7) is 2.03. The van der Waals surface area contributed by atoms with Gasteiger partial charge in [-0.15, -0.1) is 0 Å². The second kappa shape index (κ2) is 6.05. The molecule has 0 saturated carbocycles. The third-order valence-corrected chi connectivity index (χ3v) is 2.49. The van der Waals surface area contributed by atoms with Crippen molar-refractivity contribution in [3.05, 3.63) is 47.2 Å². The van der Waals surface area contributed by atoms with E-state index in [9.17, 15) is 9.50 Å². The molecule has 0 amide bonds. The van der Waals surface area contributed by atoms with Crippen LogP contribution >= 0.6 is 0 Å². The van der Waals surface area contributed by atoms with Crippen molar-refractivity contribution in [2.24, 2.45) is 0 Å². The average molecular weight is 254 g/mol. The number of aliphatic hydroxyl groups is 1. The van der Waals surface area contributed by atoms with Crippen molar-refractivity contribution in [3.63, 3.8) is 0 Å². The molecule has 87 valence electrons. The molecule has 1 radical (unpaired) electrons. The number of allylic oxidation sites excluding steroid dienone is 3. The van der Waals surface area contributed by atoms with E-state index in [4.69, 9.17) is 10.00 Å². The summed E-state index contributed by atoms with van der Waals surface area (Å²) < 4.78 is 18.6. The first-order valence-corrected chi connectivity index (χ1v) is 5.16. The molecule has 18 heavy (non-hydrogen) atoms. The first kappa shape index (κ1) is 14.8. The number of nitrogens with zero attached hydrogens (tertiary/aromatic N) is 1. The fraction of sp³-hybridized carbons (Fsp3) is 0.154. The number of hydrogen-bond donors (Lipinski definition) is 1. The minimum Gasteiger partial charge on any atom is -0.481 e. The van der Waals surface area contributed by atoms with E-state index in [-0.39, 0.29) is 46.6 Å². The molecule has 1 N–H and O–H groups in total. The van der Waals surface area contributed by atoms with Gasteiger partial charge in [-0.2, -0.15) is 5.26 Å². The van der Waals surface area contributed by atoms with E-state index < -0.39 is 5.82 Å². The van der Waals surface area contributed by atoms with Crippen molar-refractivity contribution in [2.75, 3.05) is 6.61 Å². The van der Waals surface area contributed by atoms with Crippen LogP contribution in [-0.2, 0) is 4.74 Å². The predicted molar refractivity (Wildman–Crippen MR) is 66.9 cm³/mol. The quantitative estimate of drug-likeness (QED) is 0.652. The van der Waals surface area contributed by atoms with Crippen molar-refractivity contribution in [2.45, 2.75) is 6.92 Å². The Kier molecular flexibility index (Phi) is 4.97. The van der Waals surface area contributed by atoms with Crippen molar-refractivity contribution in [1.82, 2.24) is 0 Å². The van der Waals surface area contributed by atoms with E-state index in [2.05, 4.69) is 0 Å². The molecule has 0 unspecified atom stereocenters. The third kappa shape index (κ3) is 2.44. The minimum atomic E-state index is -0.477. The smallest absolute Gasteiger partial charge is 0.284 e. The Balaban J connectivity index is 0.00000162. The van der Waals surface area contributed by atoms with Gasteiger partial charge in [0.2, 0.25) is 0 Å². The molecule has 0 fully saturated rings. The van der Waals surface area contributed by atoms with Crippen LogP contribution in [0.1, 0.15) is 18.1 Å². The molecule has 0 aliphatic heterocycles. The molecule has 0 aromatic heterocycles. The van der Waals surface area contributed by atoms with E-state index in [0.29, 0.717) is 17.7 Å². The summed E-state index contributed by atoms with van der Waals surface area (Å²) in [6, 6.07) is 6.36. The summed E-state index contributed by atoms with van der Waals surface area (Å²) in [5.74, 6) is -0.765. The van der Waals surface area contributed by atoms with E-state index in [1.807, 2.05) is 6.07 Å². The number of hydrogen-bond acceptors (Lipinski definition) is 3. The number of ether oxygens (including phenoxy) is 1. The van der Waals surface area contributed by atoms with Crippen LogP contribution in [0.4, 0.5) is 4.39 Å². The van der Waals surface area contributed by atoms with Crippen LogP contribution in [0.2, 0.25) is 0 Å². The number of fused-ring (bicyclic) bond motifs is 1. The van der Waals surface area contributed by atoms with E-state index in [1.165, 1.54) is 18.2 Å². The molecule has 0 heterocycles. The molecule has 5 heteroatoms. The van der Waals surface area contributed by atoms with Crippen LogP contribution in [0.5, 0.6) is 0 Å². The van der Waals surface area contributed by atoms with Crippen LogP contribution in [0.3, 0.4) is 0 Å². The molecule has 3 nitrogen and oxygen atoms in total. The molecule has 0 bridgehead atoms. The first-order valence-electron chi connectivity index (χ1n) is 5.16. The summed E-state index contributed by atoms with van der Waals surface area (Å²) in [7, 11) is 0. The van der Waals surface area contributed by atoms with Gasteiger partial charge >= 0.3 is 0 Å². The van der Waals surface area contributed by atoms with Crippen LogP contribution < -0.4 is 0 Å². The van der Waals surface area contributed by atoms with Gasteiger partial charge in [-0.25, -0.2) is 4.39 Å². The fourth-order valence-electron chi connectivity index (χ4n) is 1.80. The number of nitriles is 1. The number of rotatable bonds is 2. The Morgan fingerprint density at radius 2 is 2.22 bits per heavy atom. The van der Waals surface area contributed by atoms with E-state index in [1.54, 1.807) is 13.0 Å². The minimum absolute atomic E-state index is 0. The molecule has 0 atom stereocenters. The Labute approximate surface area is 126 Å². The van der Waals surface area contributed by atoms with Crippen LogP contribution in [0.15, 0.2) is 30.2 Å². The van der Waals surface area contributed by atoms with Gasteiger partial charge in [0.25, 0.3) is 5.95 Å². The van der Waals surface area contributed by atoms with Gasteiger partial charge in [-0.05, 0) is 19.1 Å². The van der Waals surface area contributed by atoms with Crippen molar-refractivity contribution in [1.29, 1.82) is 5.26 Å². The number of halogens is 1. The van der Waals surface area contributed by atoms with E-state index >= 15 is 0 Å². The molecule has 1 aromatic rings. The largest absolute Gasteiger partial charge is 0.481 e. The van der Waals surface area contributed by atoms with E-state index in [0.717, 1.165) is 0 Å². The maximum absolute atomic E-state index is 13.6. The first-order chi connectivity index (χ1) is 8.19. The second-order valence-corrected chi connectivity index (χ2v) is 3.48. The Morgan fingerprint density at radius 3 is 2.83 bits per heavy atom. The number of aliphatic hydroxyl groups excluding tert-OH is 1. The molecule has 1 aliphatic carbocycles. The summed E-state index contributed by atoms with van der Waals surface area (Å²) in [4.78, 5) is 0. The zero-order valence-electron chi connectivity index (χ0n) is 10.2. The third-order valence-electron chi connectivity index (χ3n) is 2.49. The maximum Gasteiger partial charge on any atom is 0.284 e. The summed E-state index contributed by atoms with van der Waals surface area (Å²) in [5.41, 5.74) is 1.24. The topological polar surface area (TPSA) is 53.2 Å². The van der Waals surface area contributed by atoms with Crippen LogP contribution in [-0.4, -0.2) is 41.3 Å². The van der Waals surface area contributed by atoms with Gasteiger partial charge in [-0.1, -0.05) is 12.1 Å². The number of benzene rings is 1. The molecule has 1 aromatic carbocycles. The molecule has 0 saturated heterocycles. The fourth-order valence-corrected chi connectivity index (χ4v) is 1.80. The Bertz CT molecular complexity index is 573. The monoisotopic (exact) mass is 254 g/mol. The van der Waals surface area contributed by atoms with Gasteiger partial charge in [0.15, 0.2) is 0 Å². The second-order valence-electron chi connectivity index (χ2n) is 3.48. The van der Waals surface area contributed by atoms with Gasteiger partial charge in [-0.3, -0.25) is 0 Å². The standard InChI is InChI=1S/C13H10FNO2.Na/c1-2-17-13(16)10-6-8(7-15)12-9(10)4-3-5-11(12)14;/h3-6,16H,2H2,1H3;. The van der Waals surface area contributed by atoms with Gasteiger partial charge in [0, 0.05) is 40.7 Å². The average Bonchev–Trinajstić information content (AvgIpc) is 2.69. The molecular formula is C13H10FNNaO2. The molecule has 0 spiro atoms. The SMILES string of the molecule is CCOC(O)=C1C=C(C#N)c2c(F)cccc21.[Na].